The van der Waals surface area contributed by atoms with E-state index in [-0.39, 0.29) is 24.5 Å². The number of hydrogen-bond donors (Lipinski definition) is 2. The van der Waals surface area contributed by atoms with Crippen LogP contribution in [0.5, 0.6) is 0 Å². The largest absolute Gasteiger partial charge is 0.326 e. The van der Waals surface area contributed by atoms with E-state index in [9.17, 15) is 21.6 Å². The van der Waals surface area contributed by atoms with Crippen molar-refractivity contribution in [3.8, 4) is 0 Å². The molecule has 0 aliphatic carbocycles. The summed E-state index contributed by atoms with van der Waals surface area (Å²) in [6.45, 7) is -0.0277. The third-order valence-electron chi connectivity index (χ3n) is 2.70. The lowest BCUT2D eigenvalue weighted by atomic mass is 10.3. The molecule has 0 aliphatic heterocycles. The highest BCUT2D eigenvalue weighted by molar-refractivity contribution is 7.92. The second kappa shape index (κ2) is 5.37. The van der Waals surface area contributed by atoms with Crippen molar-refractivity contribution in [3.05, 3.63) is 41.3 Å². The summed E-state index contributed by atoms with van der Waals surface area (Å²) in [5.74, 6) is -4.30. The maximum Gasteiger partial charge on any atom is 0.268 e. The highest BCUT2D eigenvalue weighted by atomic mass is 32.2. The Bertz CT molecular complexity index is 766. The van der Waals surface area contributed by atoms with Gasteiger partial charge in [0.1, 0.15) is 23.3 Å². The number of aryl methyl sites for hydroxylation is 1. The minimum Gasteiger partial charge on any atom is -0.326 e. The fourth-order valence-electron chi connectivity index (χ4n) is 1.73. The Balaban J connectivity index is 2.51. The number of hydrogen-bond acceptors (Lipinski definition) is 4. The van der Waals surface area contributed by atoms with Crippen molar-refractivity contribution in [1.29, 1.82) is 0 Å². The molecule has 1 aromatic carbocycles. The Morgan fingerprint density at radius 2 is 1.86 bits per heavy atom. The number of nitrogens with two attached hydrogens (primary N) is 1. The summed E-state index contributed by atoms with van der Waals surface area (Å²) in [7, 11) is -3.17. The first-order valence-electron chi connectivity index (χ1n) is 5.64. The highest BCUT2D eigenvalue weighted by Crippen LogP contribution is 2.24. The number of aromatic nitrogens is 2. The Labute approximate surface area is 118 Å². The summed E-state index contributed by atoms with van der Waals surface area (Å²) in [6.07, 6.45) is 1.31. The number of rotatable bonds is 4. The van der Waals surface area contributed by atoms with E-state index >= 15 is 0 Å². The molecule has 0 aliphatic rings. The van der Waals surface area contributed by atoms with E-state index in [1.807, 2.05) is 4.72 Å². The van der Waals surface area contributed by atoms with Gasteiger partial charge in [-0.15, -0.1) is 0 Å². The van der Waals surface area contributed by atoms with Gasteiger partial charge in [-0.3, -0.25) is 9.40 Å². The zero-order valence-corrected chi connectivity index (χ0v) is 11.6. The molecular weight excluding hydrogens is 309 g/mol. The predicted octanol–water partition coefficient (Wildman–Crippen LogP) is 1.10. The zero-order chi connectivity index (χ0) is 15.8. The van der Waals surface area contributed by atoms with E-state index in [2.05, 4.69) is 5.10 Å². The van der Waals surface area contributed by atoms with Crippen molar-refractivity contribution in [3.63, 3.8) is 0 Å². The quantitative estimate of drug-likeness (QED) is 0.882. The Hall–Kier alpha value is -2.07. The topological polar surface area (TPSA) is 90.0 Å². The molecule has 0 fully saturated rings. The van der Waals surface area contributed by atoms with Crippen LogP contribution in [0, 0.1) is 17.5 Å². The lowest BCUT2D eigenvalue weighted by Gasteiger charge is -2.11. The van der Waals surface area contributed by atoms with Crippen LogP contribution in [0.1, 0.15) is 5.56 Å². The molecule has 21 heavy (non-hydrogen) atoms. The summed E-state index contributed by atoms with van der Waals surface area (Å²) >= 11 is 0. The van der Waals surface area contributed by atoms with E-state index in [1.54, 1.807) is 0 Å². The van der Waals surface area contributed by atoms with Crippen molar-refractivity contribution < 1.29 is 21.6 Å². The molecule has 0 unspecified atom stereocenters. The lowest BCUT2D eigenvalue weighted by Crippen LogP contribution is -2.20. The number of halogens is 3. The molecule has 114 valence electrons. The van der Waals surface area contributed by atoms with Gasteiger partial charge in [-0.25, -0.2) is 21.6 Å². The summed E-state index contributed by atoms with van der Waals surface area (Å²) < 4.78 is 67.3. The first-order valence-corrected chi connectivity index (χ1v) is 7.13. The van der Waals surface area contributed by atoms with Gasteiger partial charge in [-0.2, -0.15) is 5.10 Å². The standard InChI is InChI=1S/C11H11F3N4O2S/c1-18-11(6(4-15)5-16-18)17-21(19,20)10-8(13)2-7(12)3-9(10)14/h2-3,5,17H,4,15H2,1H3. The van der Waals surface area contributed by atoms with Gasteiger partial charge < -0.3 is 5.73 Å². The first kappa shape index (κ1) is 15.3. The van der Waals surface area contributed by atoms with Gasteiger partial charge in [0.2, 0.25) is 0 Å². The van der Waals surface area contributed by atoms with Crippen molar-refractivity contribution in [1.82, 2.24) is 9.78 Å². The van der Waals surface area contributed by atoms with Crippen LogP contribution in [0.15, 0.2) is 23.2 Å². The molecule has 2 rings (SSSR count). The van der Waals surface area contributed by atoms with Crippen molar-refractivity contribution in [2.45, 2.75) is 11.4 Å². The fraction of sp³-hybridized carbons (Fsp3) is 0.182. The summed E-state index contributed by atoms with van der Waals surface area (Å²) in [4.78, 5) is -1.27. The predicted molar refractivity (Wildman–Crippen MR) is 68.2 cm³/mol. The second-order valence-electron chi connectivity index (χ2n) is 4.15. The van der Waals surface area contributed by atoms with Crippen LogP contribution >= 0.6 is 0 Å². The van der Waals surface area contributed by atoms with Gasteiger partial charge in [-0.1, -0.05) is 0 Å². The van der Waals surface area contributed by atoms with Gasteiger partial charge in [0, 0.05) is 31.3 Å². The smallest absolute Gasteiger partial charge is 0.268 e. The summed E-state index contributed by atoms with van der Waals surface area (Å²) in [5.41, 5.74) is 5.75. The average molecular weight is 320 g/mol. The van der Waals surface area contributed by atoms with E-state index in [1.165, 1.54) is 13.2 Å². The third kappa shape index (κ3) is 2.85. The number of sulfonamides is 1. The number of benzene rings is 1. The molecule has 2 aromatic rings. The van der Waals surface area contributed by atoms with Gasteiger partial charge in [0.15, 0.2) is 4.90 Å². The summed E-state index contributed by atoms with van der Waals surface area (Å²) in [5, 5.41) is 3.79. The van der Waals surface area contributed by atoms with Gasteiger partial charge >= 0.3 is 0 Å². The monoisotopic (exact) mass is 320 g/mol. The van der Waals surface area contributed by atoms with Gasteiger partial charge in [0.05, 0.1) is 6.20 Å². The number of anilines is 1. The molecule has 0 radical (unpaired) electrons. The third-order valence-corrected chi connectivity index (χ3v) is 4.09. The number of nitrogens with one attached hydrogen (secondary N) is 1. The van der Waals surface area contributed by atoms with Gasteiger partial charge in [-0.05, 0) is 0 Å². The molecule has 3 N–H and O–H groups in total. The molecule has 0 atom stereocenters. The molecule has 10 heteroatoms. The van der Waals surface area contributed by atoms with Crippen molar-refractivity contribution in [2.24, 2.45) is 12.8 Å². The number of nitrogens with zero attached hydrogens (tertiary/aromatic N) is 2. The van der Waals surface area contributed by atoms with E-state index < -0.39 is 32.4 Å². The maximum atomic E-state index is 13.6. The lowest BCUT2D eigenvalue weighted by molar-refractivity contribution is 0.498. The molecule has 0 saturated carbocycles. The molecule has 6 nitrogen and oxygen atoms in total. The van der Waals surface area contributed by atoms with Crippen LogP contribution in [0.25, 0.3) is 0 Å². The van der Waals surface area contributed by atoms with E-state index in [0.717, 1.165) is 4.68 Å². The molecule has 0 amide bonds. The average Bonchev–Trinajstić information content (AvgIpc) is 2.68. The fourth-order valence-corrected chi connectivity index (χ4v) is 2.98. The molecule has 0 bridgehead atoms. The summed E-state index contributed by atoms with van der Waals surface area (Å²) in [6, 6.07) is 0.565. The normalized spacial score (nSPS) is 11.7. The molecule has 0 saturated heterocycles. The molecule has 0 spiro atoms. The van der Waals surface area contributed by atoms with E-state index in [4.69, 9.17) is 5.73 Å². The van der Waals surface area contributed by atoms with Crippen LogP contribution < -0.4 is 10.5 Å². The van der Waals surface area contributed by atoms with Crippen LogP contribution in [0.2, 0.25) is 0 Å². The molecular formula is C11H11F3N4O2S. The molecule has 1 aromatic heterocycles. The maximum absolute atomic E-state index is 13.6. The minimum atomic E-state index is -4.60. The SMILES string of the molecule is Cn1ncc(CN)c1NS(=O)(=O)c1c(F)cc(F)cc1F. The second-order valence-corrected chi connectivity index (χ2v) is 5.77. The van der Waals surface area contributed by atoms with Crippen molar-refractivity contribution in [2.75, 3.05) is 4.72 Å². The Kier molecular flexibility index (Phi) is 3.92. The minimum absolute atomic E-state index is 0.0272. The first-order chi connectivity index (χ1) is 9.76. The van der Waals surface area contributed by atoms with Crippen LogP contribution in [-0.4, -0.2) is 18.2 Å². The van der Waals surface area contributed by atoms with Crippen molar-refractivity contribution >= 4 is 15.8 Å². The highest BCUT2D eigenvalue weighted by Gasteiger charge is 2.27. The zero-order valence-electron chi connectivity index (χ0n) is 10.8. The Morgan fingerprint density at radius 3 is 2.38 bits per heavy atom. The molecule has 1 heterocycles. The van der Waals surface area contributed by atoms with E-state index in [0.29, 0.717) is 5.56 Å². The van der Waals surface area contributed by atoms with Crippen LogP contribution in [0.4, 0.5) is 19.0 Å². The Morgan fingerprint density at radius 1 is 1.29 bits per heavy atom. The van der Waals surface area contributed by atoms with Crippen LogP contribution in [-0.2, 0) is 23.6 Å². The van der Waals surface area contributed by atoms with Gasteiger partial charge in [0.25, 0.3) is 10.0 Å². The van der Waals surface area contributed by atoms with Crippen LogP contribution in [0.3, 0.4) is 0 Å².